The van der Waals surface area contributed by atoms with Crippen LogP contribution in [0, 0.1) is 0 Å². The highest BCUT2D eigenvalue weighted by molar-refractivity contribution is 5.99. The third kappa shape index (κ3) is 3.89. The fourth-order valence-electron chi connectivity index (χ4n) is 3.30. The Morgan fingerprint density at radius 3 is 2.67 bits per heavy atom. The smallest absolute Gasteiger partial charge is 0.338 e. The van der Waals surface area contributed by atoms with Crippen molar-refractivity contribution in [2.45, 2.75) is 26.3 Å². The van der Waals surface area contributed by atoms with Crippen LogP contribution in [0.15, 0.2) is 42.5 Å². The van der Waals surface area contributed by atoms with Crippen LogP contribution in [-0.2, 0) is 16.0 Å². The summed E-state index contributed by atoms with van der Waals surface area (Å²) in [4.78, 5) is 26.7. The molecule has 1 atom stereocenters. The molecule has 0 fully saturated rings. The van der Waals surface area contributed by atoms with Gasteiger partial charge in [0.2, 0.25) is 0 Å². The number of esters is 1. The molecule has 0 radical (unpaired) electrons. The molecule has 142 valence electrons. The highest BCUT2D eigenvalue weighted by Crippen LogP contribution is 2.32. The average molecular weight is 369 g/mol. The Morgan fingerprint density at radius 1 is 1.15 bits per heavy atom. The molecule has 6 heteroatoms. The van der Waals surface area contributed by atoms with E-state index in [-0.39, 0.29) is 18.6 Å². The van der Waals surface area contributed by atoms with Gasteiger partial charge < -0.3 is 19.1 Å². The van der Waals surface area contributed by atoms with Crippen molar-refractivity contribution in [2.24, 2.45) is 0 Å². The maximum absolute atomic E-state index is 12.6. The molecule has 1 amide bonds. The Labute approximate surface area is 158 Å². The van der Waals surface area contributed by atoms with Crippen LogP contribution in [0.3, 0.4) is 0 Å². The molecular formula is C21H23NO5. The molecule has 0 aliphatic carbocycles. The van der Waals surface area contributed by atoms with Crippen LogP contribution < -0.4 is 14.4 Å². The SMILES string of the molecule is CCOc1cc(C(=O)OCC(=O)N2c3ccccc3CC2C)ccc1OC. The minimum Gasteiger partial charge on any atom is -0.493 e. The molecule has 6 nitrogen and oxygen atoms in total. The van der Waals surface area contributed by atoms with Crippen LogP contribution in [0.1, 0.15) is 29.8 Å². The van der Waals surface area contributed by atoms with Crippen molar-refractivity contribution in [3.63, 3.8) is 0 Å². The lowest BCUT2D eigenvalue weighted by atomic mass is 10.1. The van der Waals surface area contributed by atoms with E-state index in [2.05, 4.69) is 0 Å². The molecule has 1 aliphatic rings. The number of amides is 1. The van der Waals surface area contributed by atoms with Crippen molar-refractivity contribution in [3.8, 4) is 11.5 Å². The average Bonchev–Trinajstić information content (AvgIpc) is 3.01. The first-order chi connectivity index (χ1) is 13.0. The van der Waals surface area contributed by atoms with E-state index in [1.54, 1.807) is 23.1 Å². The highest BCUT2D eigenvalue weighted by atomic mass is 16.5. The monoisotopic (exact) mass is 369 g/mol. The summed E-state index contributed by atoms with van der Waals surface area (Å²) in [6.07, 6.45) is 0.798. The summed E-state index contributed by atoms with van der Waals surface area (Å²) >= 11 is 0. The van der Waals surface area contributed by atoms with E-state index in [0.29, 0.717) is 23.7 Å². The number of carbonyl (C=O) groups is 2. The molecule has 0 saturated heterocycles. The minimum absolute atomic E-state index is 0.0409. The van der Waals surface area contributed by atoms with Gasteiger partial charge in [-0.3, -0.25) is 4.79 Å². The van der Waals surface area contributed by atoms with Gasteiger partial charge in [0.25, 0.3) is 5.91 Å². The molecule has 0 N–H and O–H groups in total. The predicted octanol–water partition coefficient (Wildman–Crippen LogP) is 3.23. The van der Waals surface area contributed by atoms with Crippen molar-refractivity contribution >= 4 is 17.6 Å². The lowest BCUT2D eigenvalue weighted by Crippen LogP contribution is -2.38. The largest absolute Gasteiger partial charge is 0.493 e. The first kappa shape index (κ1) is 18.8. The molecule has 1 heterocycles. The van der Waals surface area contributed by atoms with E-state index in [1.807, 2.05) is 38.1 Å². The Balaban J connectivity index is 1.67. The summed E-state index contributed by atoms with van der Waals surface area (Å²) in [7, 11) is 1.53. The summed E-state index contributed by atoms with van der Waals surface area (Å²) < 4.78 is 15.9. The van der Waals surface area contributed by atoms with Gasteiger partial charge in [0.05, 0.1) is 19.3 Å². The molecule has 0 saturated carbocycles. The van der Waals surface area contributed by atoms with Crippen molar-refractivity contribution < 1.29 is 23.8 Å². The fourth-order valence-corrected chi connectivity index (χ4v) is 3.30. The lowest BCUT2D eigenvalue weighted by Gasteiger charge is -2.22. The number of nitrogens with zero attached hydrogens (tertiary/aromatic N) is 1. The zero-order valence-corrected chi connectivity index (χ0v) is 15.7. The molecule has 2 aromatic carbocycles. The van der Waals surface area contributed by atoms with E-state index < -0.39 is 5.97 Å². The van der Waals surface area contributed by atoms with Crippen LogP contribution in [0.25, 0.3) is 0 Å². The van der Waals surface area contributed by atoms with E-state index in [0.717, 1.165) is 17.7 Å². The number of methoxy groups -OCH3 is 1. The number of fused-ring (bicyclic) bond motifs is 1. The summed E-state index contributed by atoms with van der Waals surface area (Å²) in [6.45, 7) is 3.96. The summed E-state index contributed by atoms with van der Waals surface area (Å²) in [5.41, 5.74) is 2.32. The molecule has 0 spiro atoms. The van der Waals surface area contributed by atoms with E-state index >= 15 is 0 Å². The van der Waals surface area contributed by atoms with Crippen molar-refractivity contribution in [1.82, 2.24) is 0 Å². The standard InChI is InChI=1S/C21H23NO5/c1-4-26-19-12-16(9-10-18(19)25-3)21(24)27-13-20(23)22-14(2)11-15-7-5-6-8-17(15)22/h5-10,12,14H,4,11,13H2,1-3H3. The Kier molecular flexibility index (Phi) is 5.64. The van der Waals surface area contributed by atoms with Gasteiger partial charge in [0, 0.05) is 11.7 Å². The summed E-state index contributed by atoms with van der Waals surface area (Å²) in [5.74, 6) is 0.182. The number of para-hydroxylation sites is 1. The molecule has 2 aromatic rings. The molecule has 3 rings (SSSR count). The maximum Gasteiger partial charge on any atom is 0.338 e. The second kappa shape index (κ2) is 8.12. The Bertz CT molecular complexity index is 848. The van der Waals surface area contributed by atoms with Gasteiger partial charge in [-0.05, 0) is 50.1 Å². The first-order valence-electron chi connectivity index (χ1n) is 8.93. The maximum atomic E-state index is 12.6. The highest BCUT2D eigenvalue weighted by Gasteiger charge is 2.31. The van der Waals surface area contributed by atoms with E-state index in [4.69, 9.17) is 14.2 Å². The Morgan fingerprint density at radius 2 is 1.93 bits per heavy atom. The zero-order valence-electron chi connectivity index (χ0n) is 15.7. The molecular weight excluding hydrogens is 346 g/mol. The second-order valence-corrected chi connectivity index (χ2v) is 6.32. The molecule has 0 bridgehead atoms. The Hall–Kier alpha value is -3.02. The number of hydrogen-bond acceptors (Lipinski definition) is 5. The van der Waals surface area contributed by atoms with Gasteiger partial charge in [-0.1, -0.05) is 18.2 Å². The summed E-state index contributed by atoms with van der Waals surface area (Å²) in [5, 5.41) is 0. The van der Waals surface area contributed by atoms with Crippen LogP contribution in [0.2, 0.25) is 0 Å². The van der Waals surface area contributed by atoms with Gasteiger partial charge >= 0.3 is 5.97 Å². The van der Waals surface area contributed by atoms with Crippen LogP contribution in [-0.4, -0.2) is 38.2 Å². The molecule has 0 aromatic heterocycles. The third-order valence-corrected chi connectivity index (χ3v) is 4.50. The zero-order chi connectivity index (χ0) is 19.4. The topological polar surface area (TPSA) is 65.1 Å². The second-order valence-electron chi connectivity index (χ2n) is 6.32. The fraction of sp³-hybridized carbons (Fsp3) is 0.333. The van der Waals surface area contributed by atoms with Crippen LogP contribution in [0.5, 0.6) is 11.5 Å². The van der Waals surface area contributed by atoms with Crippen molar-refractivity contribution in [1.29, 1.82) is 0 Å². The van der Waals surface area contributed by atoms with E-state index in [9.17, 15) is 9.59 Å². The van der Waals surface area contributed by atoms with Gasteiger partial charge in [0.15, 0.2) is 18.1 Å². The van der Waals surface area contributed by atoms with Gasteiger partial charge in [-0.25, -0.2) is 4.79 Å². The quantitative estimate of drug-likeness (QED) is 0.732. The van der Waals surface area contributed by atoms with Crippen molar-refractivity contribution in [3.05, 3.63) is 53.6 Å². The molecule has 27 heavy (non-hydrogen) atoms. The van der Waals surface area contributed by atoms with Gasteiger partial charge in [-0.2, -0.15) is 0 Å². The number of benzene rings is 2. The number of hydrogen-bond donors (Lipinski definition) is 0. The minimum atomic E-state index is -0.577. The van der Waals surface area contributed by atoms with Crippen LogP contribution in [0.4, 0.5) is 5.69 Å². The van der Waals surface area contributed by atoms with Crippen LogP contribution >= 0.6 is 0 Å². The lowest BCUT2D eigenvalue weighted by molar-refractivity contribution is -0.122. The van der Waals surface area contributed by atoms with Crippen molar-refractivity contribution in [2.75, 3.05) is 25.2 Å². The molecule has 1 unspecified atom stereocenters. The first-order valence-corrected chi connectivity index (χ1v) is 8.93. The summed E-state index contributed by atoms with van der Waals surface area (Å²) in [6, 6.07) is 12.6. The normalized spacial score (nSPS) is 15.2. The van der Waals surface area contributed by atoms with Gasteiger partial charge in [0.1, 0.15) is 0 Å². The van der Waals surface area contributed by atoms with Gasteiger partial charge in [-0.15, -0.1) is 0 Å². The van der Waals surface area contributed by atoms with E-state index in [1.165, 1.54) is 7.11 Å². The molecule has 1 aliphatic heterocycles. The number of ether oxygens (including phenoxy) is 3. The predicted molar refractivity (Wildman–Crippen MR) is 102 cm³/mol. The number of rotatable bonds is 6. The number of carbonyl (C=O) groups excluding carboxylic acids is 2. The third-order valence-electron chi connectivity index (χ3n) is 4.50. The number of anilines is 1.